The van der Waals surface area contributed by atoms with E-state index in [1.54, 1.807) is 42.5 Å². The summed E-state index contributed by atoms with van der Waals surface area (Å²) in [6.45, 7) is -0.0527. The first-order chi connectivity index (χ1) is 9.55. The van der Waals surface area contributed by atoms with Gasteiger partial charge in [-0.2, -0.15) is 0 Å². The summed E-state index contributed by atoms with van der Waals surface area (Å²) in [5.41, 5.74) is 1.44. The summed E-state index contributed by atoms with van der Waals surface area (Å²) in [6, 6.07) is 13.3. The minimum Gasteiger partial charge on any atom is -0.497 e. The second-order valence-corrected chi connectivity index (χ2v) is 6.40. The first-order valence-electron chi connectivity index (χ1n) is 6.10. The number of ether oxygens (including phenoxy) is 1. The topological polar surface area (TPSA) is 63.6 Å². The maximum Gasteiger partial charge on any atom is 0.182 e. The second-order valence-electron chi connectivity index (χ2n) is 4.41. The standard InChI is InChI=1S/C15H16O4S/c1-19-14-3-2-4-15(9-14)20(17,18)11-13-7-5-12(10-16)6-8-13/h2-9,16H,10-11H2,1H3. The summed E-state index contributed by atoms with van der Waals surface area (Å²) in [5.74, 6) is 0.438. The van der Waals surface area contributed by atoms with Crippen molar-refractivity contribution in [3.05, 3.63) is 59.7 Å². The maximum absolute atomic E-state index is 12.3. The van der Waals surface area contributed by atoms with Crippen LogP contribution in [-0.2, 0) is 22.2 Å². The molecule has 2 aromatic carbocycles. The molecule has 0 atom stereocenters. The highest BCUT2D eigenvalue weighted by atomic mass is 32.2. The summed E-state index contributed by atoms with van der Waals surface area (Å²) in [7, 11) is -1.91. The predicted octanol–water partition coefficient (Wildman–Crippen LogP) is 2.16. The fourth-order valence-electron chi connectivity index (χ4n) is 1.84. The average Bonchev–Trinajstić information content (AvgIpc) is 2.48. The molecule has 0 saturated carbocycles. The van der Waals surface area contributed by atoms with Gasteiger partial charge >= 0.3 is 0 Å². The molecule has 4 nitrogen and oxygen atoms in total. The van der Waals surface area contributed by atoms with E-state index in [1.807, 2.05) is 0 Å². The van der Waals surface area contributed by atoms with Crippen LogP contribution in [-0.4, -0.2) is 20.6 Å². The summed E-state index contributed by atoms with van der Waals surface area (Å²) < 4.78 is 29.7. The summed E-state index contributed by atoms with van der Waals surface area (Å²) in [4.78, 5) is 0.239. The van der Waals surface area contributed by atoms with E-state index in [-0.39, 0.29) is 17.3 Å². The molecule has 1 N–H and O–H groups in total. The number of benzene rings is 2. The van der Waals surface area contributed by atoms with Gasteiger partial charge in [-0.25, -0.2) is 8.42 Å². The number of methoxy groups -OCH3 is 1. The van der Waals surface area contributed by atoms with Crippen LogP contribution in [0.15, 0.2) is 53.4 Å². The van der Waals surface area contributed by atoms with Crippen LogP contribution in [0.4, 0.5) is 0 Å². The summed E-state index contributed by atoms with van der Waals surface area (Å²) in [5, 5.41) is 8.96. The fraction of sp³-hybridized carbons (Fsp3) is 0.200. The van der Waals surface area contributed by atoms with Crippen LogP contribution in [0.5, 0.6) is 5.75 Å². The first-order valence-corrected chi connectivity index (χ1v) is 7.76. The van der Waals surface area contributed by atoms with Gasteiger partial charge in [-0.15, -0.1) is 0 Å². The van der Waals surface area contributed by atoms with Crippen molar-refractivity contribution in [2.45, 2.75) is 17.3 Å². The van der Waals surface area contributed by atoms with E-state index in [0.29, 0.717) is 11.3 Å². The van der Waals surface area contributed by atoms with Gasteiger partial charge in [0.1, 0.15) is 5.75 Å². The Kier molecular flexibility index (Phi) is 4.42. The van der Waals surface area contributed by atoms with E-state index in [0.717, 1.165) is 5.56 Å². The van der Waals surface area contributed by atoms with Gasteiger partial charge in [0, 0.05) is 0 Å². The highest BCUT2D eigenvalue weighted by Crippen LogP contribution is 2.21. The summed E-state index contributed by atoms with van der Waals surface area (Å²) >= 11 is 0. The van der Waals surface area contributed by atoms with Gasteiger partial charge in [0.05, 0.1) is 24.4 Å². The Hall–Kier alpha value is -1.85. The Morgan fingerprint density at radius 3 is 2.30 bits per heavy atom. The number of sulfone groups is 1. The molecule has 2 rings (SSSR count). The highest BCUT2D eigenvalue weighted by molar-refractivity contribution is 7.90. The van der Waals surface area contributed by atoms with Crippen molar-refractivity contribution in [3.63, 3.8) is 0 Å². The van der Waals surface area contributed by atoms with Crippen molar-refractivity contribution in [3.8, 4) is 5.75 Å². The fourth-order valence-corrected chi connectivity index (χ4v) is 3.22. The largest absolute Gasteiger partial charge is 0.497 e. The Balaban J connectivity index is 2.25. The number of rotatable bonds is 5. The third kappa shape index (κ3) is 3.37. The molecule has 0 saturated heterocycles. The molecule has 0 spiro atoms. The normalized spacial score (nSPS) is 11.3. The van der Waals surface area contributed by atoms with Crippen molar-refractivity contribution in [2.75, 3.05) is 7.11 Å². The zero-order chi connectivity index (χ0) is 14.6. The van der Waals surface area contributed by atoms with Gasteiger partial charge in [0.15, 0.2) is 9.84 Å². The lowest BCUT2D eigenvalue weighted by Gasteiger charge is -2.07. The first kappa shape index (κ1) is 14.6. The second kappa shape index (κ2) is 6.07. The predicted molar refractivity (Wildman–Crippen MR) is 76.2 cm³/mol. The average molecular weight is 292 g/mol. The molecule has 20 heavy (non-hydrogen) atoms. The van der Waals surface area contributed by atoms with Crippen molar-refractivity contribution in [2.24, 2.45) is 0 Å². The lowest BCUT2D eigenvalue weighted by atomic mass is 10.2. The van der Waals surface area contributed by atoms with Crippen LogP contribution < -0.4 is 4.74 Å². The molecule has 5 heteroatoms. The molecular weight excluding hydrogens is 276 g/mol. The van der Waals surface area contributed by atoms with Crippen LogP contribution in [0.25, 0.3) is 0 Å². The van der Waals surface area contributed by atoms with Crippen LogP contribution in [0.1, 0.15) is 11.1 Å². The van der Waals surface area contributed by atoms with Crippen LogP contribution in [0.2, 0.25) is 0 Å². The number of aliphatic hydroxyl groups excluding tert-OH is 1. The third-order valence-corrected chi connectivity index (χ3v) is 4.65. The van der Waals surface area contributed by atoms with E-state index >= 15 is 0 Å². The number of hydrogen-bond acceptors (Lipinski definition) is 4. The Morgan fingerprint density at radius 1 is 1.05 bits per heavy atom. The van der Waals surface area contributed by atoms with Crippen molar-refractivity contribution in [1.82, 2.24) is 0 Å². The van der Waals surface area contributed by atoms with Crippen molar-refractivity contribution < 1.29 is 18.3 Å². The molecule has 2 aromatic rings. The molecule has 0 radical (unpaired) electrons. The van der Waals surface area contributed by atoms with Crippen LogP contribution in [0, 0.1) is 0 Å². The molecule has 0 aromatic heterocycles. The molecule has 0 aliphatic rings. The smallest absolute Gasteiger partial charge is 0.182 e. The van der Waals surface area contributed by atoms with E-state index in [4.69, 9.17) is 9.84 Å². The minimum absolute atomic E-state index is 0.0527. The molecule has 0 unspecified atom stereocenters. The summed E-state index contributed by atoms with van der Waals surface area (Å²) in [6.07, 6.45) is 0. The number of hydrogen-bond donors (Lipinski definition) is 1. The SMILES string of the molecule is COc1cccc(S(=O)(=O)Cc2ccc(CO)cc2)c1. The van der Waals surface area contributed by atoms with E-state index < -0.39 is 9.84 Å². The highest BCUT2D eigenvalue weighted by Gasteiger charge is 2.16. The maximum atomic E-state index is 12.3. The minimum atomic E-state index is -3.41. The van der Waals surface area contributed by atoms with E-state index in [9.17, 15) is 8.42 Å². The molecule has 0 aliphatic heterocycles. The monoisotopic (exact) mass is 292 g/mol. The quantitative estimate of drug-likeness (QED) is 0.917. The molecule has 0 fully saturated rings. The van der Waals surface area contributed by atoms with Crippen molar-refractivity contribution in [1.29, 1.82) is 0 Å². The van der Waals surface area contributed by atoms with E-state index in [1.165, 1.54) is 13.2 Å². The molecule has 0 aliphatic carbocycles. The van der Waals surface area contributed by atoms with Gasteiger partial charge in [-0.05, 0) is 29.3 Å². The van der Waals surface area contributed by atoms with Crippen molar-refractivity contribution >= 4 is 9.84 Å². The number of aliphatic hydroxyl groups is 1. The molecule has 106 valence electrons. The van der Waals surface area contributed by atoms with Crippen LogP contribution in [0.3, 0.4) is 0 Å². The lowest BCUT2D eigenvalue weighted by Crippen LogP contribution is -2.05. The molecule has 0 heterocycles. The zero-order valence-corrected chi connectivity index (χ0v) is 11.9. The zero-order valence-electron chi connectivity index (χ0n) is 11.1. The van der Waals surface area contributed by atoms with E-state index in [2.05, 4.69) is 0 Å². The van der Waals surface area contributed by atoms with Gasteiger partial charge in [0.2, 0.25) is 0 Å². The van der Waals surface area contributed by atoms with Gasteiger partial charge in [-0.3, -0.25) is 0 Å². The van der Waals surface area contributed by atoms with Gasteiger partial charge < -0.3 is 9.84 Å². The Bertz CT molecular complexity index is 675. The molecule has 0 amide bonds. The Morgan fingerprint density at radius 2 is 1.70 bits per heavy atom. The Labute approximate surface area is 118 Å². The lowest BCUT2D eigenvalue weighted by molar-refractivity contribution is 0.282. The third-order valence-electron chi connectivity index (χ3n) is 2.96. The molecule has 0 bridgehead atoms. The molecular formula is C15H16O4S. The van der Waals surface area contributed by atoms with Gasteiger partial charge in [-0.1, -0.05) is 30.3 Å². The van der Waals surface area contributed by atoms with Crippen LogP contribution >= 0.6 is 0 Å². The van der Waals surface area contributed by atoms with Gasteiger partial charge in [0.25, 0.3) is 0 Å².